The maximum atomic E-state index is 5.17. The Morgan fingerprint density at radius 2 is 2.00 bits per heavy atom. The molecule has 4 heteroatoms. The highest BCUT2D eigenvalue weighted by molar-refractivity contribution is 5.54. The Bertz CT molecular complexity index is 462. The van der Waals surface area contributed by atoms with Crippen molar-refractivity contribution in [1.29, 1.82) is 0 Å². The molecule has 0 unspecified atom stereocenters. The van der Waals surface area contributed by atoms with Gasteiger partial charge in [-0.2, -0.15) is 4.98 Å². The Labute approximate surface area is 101 Å². The lowest BCUT2D eigenvalue weighted by molar-refractivity contribution is 0.368. The molecule has 0 amide bonds. The Balaban J connectivity index is 2.04. The second-order valence-corrected chi connectivity index (χ2v) is 4.05. The monoisotopic (exact) mass is 231 g/mol. The Morgan fingerprint density at radius 1 is 1.24 bits per heavy atom. The van der Waals surface area contributed by atoms with Crippen LogP contribution < -0.4 is 5.32 Å². The second-order valence-electron chi connectivity index (χ2n) is 4.05. The van der Waals surface area contributed by atoms with Crippen LogP contribution in [0, 0.1) is 6.92 Å². The molecule has 2 rings (SSSR count). The van der Waals surface area contributed by atoms with E-state index in [1.807, 2.05) is 24.3 Å². The maximum absolute atomic E-state index is 5.17. The smallest absolute Gasteiger partial charge is 0.240 e. The summed E-state index contributed by atoms with van der Waals surface area (Å²) in [4.78, 5) is 4.34. The fraction of sp³-hybridized carbons (Fsp3) is 0.385. The minimum Gasteiger partial charge on any atom is -0.338 e. The van der Waals surface area contributed by atoms with Crippen LogP contribution in [-0.4, -0.2) is 16.7 Å². The van der Waals surface area contributed by atoms with E-state index in [0.717, 1.165) is 18.5 Å². The van der Waals surface area contributed by atoms with Crippen LogP contribution in [0.1, 0.15) is 24.8 Å². The molecule has 90 valence electrons. The van der Waals surface area contributed by atoms with Crippen molar-refractivity contribution >= 4 is 0 Å². The number of benzene rings is 1. The predicted octanol–water partition coefficient (Wildman–Crippen LogP) is 2.54. The van der Waals surface area contributed by atoms with E-state index in [-0.39, 0.29) is 0 Å². The number of aromatic nitrogens is 2. The fourth-order valence-electron chi connectivity index (χ4n) is 1.52. The zero-order chi connectivity index (χ0) is 12.1. The third-order valence-electron chi connectivity index (χ3n) is 2.48. The van der Waals surface area contributed by atoms with E-state index in [2.05, 4.69) is 29.3 Å². The van der Waals surface area contributed by atoms with E-state index >= 15 is 0 Å². The Kier molecular flexibility index (Phi) is 3.88. The summed E-state index contributed by atoms with van der Waals surface area (Å²) in [5, 5.41) is 7.20. The topological polar surface area (TPSA) is 51.0 Å². The summed E-state index contributed by atoms with van der Waals surface area (Å²) in [6.07, 6.45) is 1.10. The molecule has 1 aromatic carbocycles. The maximum Gasteiger partial charge on any atom is 0.240 e. The summed E-state index contributed by atoms with van der Waals surface area (Å²) in [5.41, 5.74) is 2.21. The van der Waals surface area contributed by atoms with Gasteiger partial charge in [0.25, 0.3) is 0 Å². The van der Waals surface area contributed by atoms with Crippen LogP contribution in [0.2, 0.25) is 0 Å². The zero-order valence-electron chi connectivity index (χ0n) is 10.2. The minimum atomic E-state index is 0.632. The van der Waals surface area contributed by atoms with E-state index < -0.39 is 0 Å². The van der Waals surface area contributed by atoms with Crippen molar-refractivity contribution in [1.82, 2.24) is 15.5 Å². The van der Waals surface area contributed by atoms with Crippen molar-refractivity contribution in [3.8, 4) is 11.4 Å². The Morgan fingerprint density at radius 3 is 2.71 bits per heavy atom. The summed E-state index contributed by atoms with van der Waals surface area (Å²) in [6, 6.07) is 8.09. The van der Waals surface area contributed by atoms with E-state index in [4.69, 9.17) is 4.52 Å². The van der Waals surface area contributed by atoms with Gasteiger partial charge in [-0.1, -0.05) is 41.9 Å². The molecule has 0 fully saturated rings. The summed E-state index contributed by atoms with van der Waals surface area (Å²) in [5.74, 6) is 1.28. The first kappa shape index (κ1) is 11.8. The molecule has 0 saturated heterocycles. The first-order valence-electron chi connectivity index (χ1n) is 5.90. The van der Waals surface area contributed by atoms with E-state index in [0.29, 0.717) is 18.3 Å². The van der Waals surface area contributed by atoms with Crippen molar-refractivity contribution in [2.45, 2.75) is 26.8 Å². The van der Waals surface area contributed by atoms with Crippen molar-refractivity contribution in [3.05, 3.63) is 35.7 Å². The summed E-state index contributed by atoms with van der Waals surface area (Å²) in [7, 11) is 0. The van der Waals surface area contributed by atoms with Crippen molar-refractivity contribution in [2.24, 2.45) is 0 Å². The Hall–Kier alpha value is -1.68. The van der Waals surface area contributed by atoms with Gasteiger partial charge in [-0.15, -0.1) is 0 Å². The molecule has 1 heterocycles. The highest BCUT2D eigenvalue weighted by Gasteiger charge is 2.07. The number of hydrogen-bond donors (Lipinski definition) is 1. The average molecular weight is 231 g/mol. The lowest BCUT2D eigenvalue weighted by Gasteiger charge is -1.96. The normalized spacial score (nSPS) is 10.7. The molecular formula is C13H17N3O. The van der Waals surface area contributed by atoms with E-state index in [1.165, 1.54) is 5.56 Å². The predicted molar refractivity (Wildman–Crippen MR) is 66.5 cm³/mol. The van der Waals surface area contributed by atoms with Crippen LogP contribution in [0.25, 0.3) is 11.4 Å². The van der Waals surface area contributed by atoms with E-state index in [1.54, 1.807) is 0 Å². The zero-order valence-corrected chi connectivity index (χ0v) is 10.2. The fourth-order valence-corrected chi connectivity index (χ4v) is 1.52. The highest BCUT2D eigenvalue weighted by Crippen LogP contribution is 2.16. The molecule has 4 nitrogen and oxygen atoms in total. The molecule has 1 aromatic heterocycles. The van der Waals surface area contributed by atoms with Gasteiger partial charge in [0.15, 0.2) is 0 Å². The molecule has 0 aliphatic carbocycles. The number of nitrogens with one attached hydrogen (secondary N) is 1. The second kappa shape index (κ2) is 5.59. The molecule has 0 radical (unpaired) electrons. The van der Waals surface area contributed by atoms with Crippen LogP contribution >= 0.6 is 0 Å². The summed E-state index contributed by atoms with van der Waals surface area (Å²) in [6.45, 7) is 5.77. The van der Waals surface area contributed by atoms with Crippen LogP contribution in [-0.2, 0) is 6.54 Å². The molecule has 1 N–H and O–H groups in total. The molecule has 0 saturated carbocycles. The number of aryl methyl sites for hydroxylation is 1. The van der Waals surface area contributed by atoms with Gasteiger partial charge in [0.2, 0.25) is 11.7 Å². The van der Waals surface area contributed by atoms with Crippen LogP contribution in [0.3, 0.4) is 0 Å². The van der Waals surface area contributed by atoms with Gasteiger partial charge in [0.05, 0.1) is 6.54 Å². The van der Waals surface area contributed by atoms with Gasteiger partial charge in [-0.25, -0.2) is 0 Å². The first-order valence-corrected chi connectivity index (χ1v) is 5.90. The van der Waals surface area contributed by atoms with Crippen LogP contribution in [0.15, 0.2) is 28.8 Å². The number of rotatable bonds is 5. The third-order valence-corrected chi connectivity index (χ3v) is 2.48. The molecule has 2 aromatic rings. The lowest BCUT2D eigenvalue weighted by atomic mass is 10.1. The van der Waals surface area contributed by atoms with Crippen molar-refractivity contribution in [3.63, 3.8) is 0 Å². The van der Waals surface area contributed by atoms with E-state index in [9.17, 15) is 0 Å². The molecule has 0 atom stereocenters. The standard InChI is InChI=1S/C13H17N3O/c1-3-8-14-9-12-15-13(16-17-12)11-6-4-10(2)5-7-11/h4-7,14H,3,8-9H2,1-2H3. The largest absolute Gasteiger partial charge is 0.338 e. The van der Waals surface area contributed by atoms with Crippen LogP contribution in [0.4, 0.5) is 0 Å². The molecule has 0 spiro atoms. The minimum absolute atomic E-state index is 0.632. The summed E-state index contributed by atoms with van der Waals surface area (Å²) >= 11 is 0. The lowest BCUT2D eigenvalue weighted by Crippen LogP contribution is -2.13. The SMILES string of the molecule is CCCNCc1nc(-c2ccc(C)cc2)no1. The van der Waals surface area contributed by atoms with Crippen molar-refractivity contribution in [2.75, 3.05) is 6.54 Å². The quantitative estimate of drug-likeness (QED) is 0.803. The van der Waals surface area contributed by atoms with Crippen molar-refractivity contribution < 1.29 is 4.52 Å². The van der Waals surface area contributed by atoms with Gasteiger partial charge in [-0.05, 0) is 19.9 Å². The molecule has 0 aliphatic rings. The molecule has 0 aliphatic heterocycles. The molecule has 0 bridgehead atoms. The van der Waals surface area contributed by atoms with Gasteiger partial charge in [0.1, 0.15) is 0 Å². The first-order chi connectivity index (χ1) is 8.29. The number of hydrogen-bond acceptors (Lipinski definition) is 4. The number of nitrogens with zero attached hydrogens (tertiary/aromatic N) is 2. The van der Waals surface area contributed by atoms with Gasteiger partial charge in [0, 0.05) is 5.56 Å². The average Bonchev–Trinajstić information content (AvgIpc) is 2.79. The van der Waals surface area contributed by atoms with Gasteiger partial charge in [-0.3, -0.25) is 0 Å². The highest BCUT2D eigenvalue weighted by atomic mass is 16.5. The molecule has 17 heavy (non-hydrogen) atoms. The molecular weight excluding hydrogens is 214 g/mol. The summed E-state index contributed by atoms with van der Waals surface area (Å²) < 4.78 is 5.17. The van der Waals surface area contributed by atoms with Gasteiger partial charge >= 0.3 is 0 Å². The van der Waals surface area contributed by atoms with Crippen LogP contribution in [0.5, 0.6) is 0 Å². The third kappa shape index (κ3) is 3.14. The van der Waals surface area contributed by atoms with Gasteiger partial charge < -0.3 is 9.84 Å².